The predicted molar refractivity (Wildman–Crippen MR) is 155 cm³/mol. The zero-order chi connectivity index (χ0) is 30.5. The van der Waals surface area contributed by atoms with Crippen molar-refractivity contribution in [2.45, 2.75) is 101 Å². The van der Waals surface area contributed by atoms with Gasteiger partial charge in [-0.1, -0.05) is 0 Å². The van der Waals surface area contributed by atoms with Crippen LogP contribution < -0.4 is 9.64 Å². The van der Waals surface area contributed by atoms with E-state index in [9.17, 15) is 18.0 Å². The minimum Gasteiger partial charge on any atom is -0.461 e. The molecule has 1 saturated carbocycles. The zero-order valence-electron chi connectivity index (χ0n) is 24.5. The highest BCUT2D eigenvalue weighted by Crippen LogP contribution is 2.58. The Morgan fingerprint density at radius 1 is 1.14 bits per heavy atom. The van der Waals surface area contributed by atoms with Crippen LogP contribution in [0.2, 0.25) is 0 Å². The maximum Gasteiger partial charge on any atom is 0.410 e. The molecule has 0 radical (unpaired) electrons. The quantitative estimate of drug-likeness (QED) is 0.351. The molecule has 7 rings (SSSR count). The Kier molecular flexibility index (Phi) is 6.85. The third-order valence-corrected chi connectivity index (χ3v) is 10.5. The number of hydrogen-bond acceptors (Lipinski definition) is 7. The van der Waals surface area contributed by atoms with Gasteiger partial charge in [0.05, 0.1) is 28.0 Å². The minimum atomic E-state index is -2.90. The number of nitrogens with zero attached hydrogens (tertiary/aromatic N) is 5. The van der Waals surface area contributed by atoms with Gasteiger partial charge in [0.2, 0.25) is 0 Å². The summed E-state index contributed by atoms with van der Waals surface area (Å²) in [4.78, 5) is 28.1. The van der Waals surface area contributed by atoms with E-state index in [2.05, 4.69) is 25.8 Å². The van der Waals surface area contributed by atoms with Crippen LogP contribution in [0.25, 0.3) is 10.9 Å². The van der Waals surface area contributed by atoms with Crippen molar-refractivity contribution >= 4 is 38.7 Å². The summed E-state index contributed by atoms with van der Waals surface area (Å²) in [6.45, 7) is 7.65. The molecule has 5 aliphatic rings. The number of alkyl halides is 3. The van der Waals surface area contributed by atoms with E-state index in [1.807, 2.05) is 25.7 Å². The lowest BCUT2D eigenvalue weighted by atomic mass is 9.95. The number of benzene rings is 1. The average molecular weight is 671 g/mol. The van der Waals surface area contributed by atoms with Crippen LogP contribution in [-0.4, -0.2) is 94.0 Å². The van der Waals surface area contributed by atoms with Crippen LogP contribution in [0.3, 0.4) is 0 Å². The second-order valence-electron chi connectivity index (χ2n) is 13.9. The predicted octanol–water partition coefficient (Wildman–Crippen LogP) is 6.20. The summed E-state index contributed by atoms with van der Waals surface area (Å²) in [5, 5.41) is 0.321. The van der Waals surface area contributed by atoms with Crippen molar-refractivity contribution < 1.29 is 31.8 Å². The number of fused-ring (bicyclic) bond motifs is 4. The number of carbonyl (C=O) groups excluding carboxylic acids is 1. The summed E-state index contributed by atoms with van der Waals surface area (Å²) in [6, 6.07) is 1.23. The molecule has 1 aromatic heterocycles. The Labute approximate surface area is 256 Å². The van der Waals surface area contributed by atoms with Crippen LogP contribution >= 0.6 is 15.9 Å². The van der Waals surface area contributed by atoms with Gasteiger partial charge in [0, 0.05) is 37.9 Å². The van der Waals surface area contributed by atoms with E-state index in [-0.39, 0.29) is 52.8 Å². The summed E-state index contributed by atoms with van der Waals surface area (Å²) in [7, 11) is 0. The van der Waals surface area contributed by atoms with Crippen molar-refractivity contribution in [1.29, 1.82) is 0 Å². The lowest BCUT2D eigenvalue weighted by Crippen LogP contribution is -2.57. The highest BCUT2D eigenvalue weighted by molar-refractivity contribution is 9.10. The molecule has 1 aliphatic carbocycles. The third-order valence-electron chi connectivity index (χ3n) is 9.68. The Balaban J connectivity index is 1.25. The van der Waals surface area contributed by atoms with Crippen molar-refractivity contribution in [2.75, 3.05) is 37.7 Å². The molecule has 0 N–H and O–H groups in total. The fraction of sp³-hybridized carbons (Fsp3) is 0.700. The normalized spacial score (nSPS) is 31.5. The first-order valence-corrected chi connectivity index (χ1v) is 15.9. The number of anilines is 1. The fourth-order valence-corrected chi connectivity index (χ4v) is 8.21. The van der Waals surface area contributed by atoms with Gasteiger partial charge < -0.3 is 14.4 Å². The Morgan fingerprint density at radius 2 is 1.84 bits per heavy atom. The number of carbonyl (C=O) groups is 1. The number of amides is 1. The maximum atomic E-state index is 15.9. The van der Waals surface area contributed by atoms with Gasteiger partial charge in [-0.05, 0) is 80.6 Å². The number of ether oxygens (including phenoxy) is 2. The molecule has 1 amide bonds. The first kappa shape index (κ1) is 29.3. The molecule has 0 spiro atoms. The third kappa shape index (κ3) is 5.11. The molecule has 8 nitrogen and oxygen atoms in total. The minimum absolute atomic E-state index is 0.0305. The number of aromatic nitrogens is 2. The van der Waals surface area contributed by atoms with Crippen LogP contribution in [0.5, 0.6) is 6.01 Å². The molecule has 234 valence electrons. The molecular weight excluding hydrogens is 634 g/mol. The molecular formula is C30H36BrF4N5O3. The van der Waals surface area contributed by atoms with Crippen LogP contribution in [0, 0.1) is 5.82 Å². The summed E-state index contributed by atoms with van der Waals surface area (Å²) in [5.41, 5.74) is -0.928. The molecule has 4 aliphatic heterocycles. The van der Waals surface area contributed by atoms with Crippen LogP contribution in [0.4, 0.5) is 28.2 Å². The number of hydrogen-bond donors (Lipinski definition) is 0. The second-order valence-corrected chi connectivity index (χ2v) is 14.7. The van der Waals surface area contributed by atoms with Gasteiger partial charge in [-0.2, -0.15) is 9.97 Å². The van der Waals surface area contributed by atoms with Gasteiger partial charge in [-0.15, -0.1) is 0 Å². The highest BCUT2D eigenvalue weighted by atomic mass is 79.9. The maximum absolute atomic E-state index is 15.9. The van der Waals surface area contributed by atoms with E-state index < -0.39 is 35.0 Å². The number of halogens is 5. The van der Waals surface area contributed by atoms with Crippen molar-refractivity contribution in [1.82, 2.24) is 19.8 Å². The number of rotatable bonds is 5. The molecule has 13 heteroatoms. The summed E-state index contributed by atoms with van der Waals surface area (Å²) in [6.07, 6.45) is 2.00. The molecule has 1 aromatic carbocycles. The van der Waals surface area contributed by atoms with Crippen LogP contribution in [0.15, 0.2) is 10.5 Å². The Morgan fingerprint density at radius 3 is 2.49 bits per heavy atom. The van der Waals surface area contributed by atoms with Gasteiger partial charge in [0.1, 0.15) is 29.7 Å². The smallest absolute Gasteiger partial charge is 0.410 e. The van der Waals surface area contributed by atoms with Gasteiger partial charge in [-0.3, -0.25) is 9.80 Å². The largest absolute Gasteiger partial charge is 0.461 e. The topological polar surface area (TPSA) is 71.0 Å². The summed E-state index contributed by atoms with van der Waals surface area (Å²) >= 11 is 3.22. The zero-order valence-corrected chi connectivity index (χ0v) is 26.1. The fourth-order valence-electron chi connectivity index (χ4n) is 7.63. The molecule has 5 fully saturated rings. The first-order chi connectivity index (χ1) is 20.2. The molecule has 4 saturated heterocycles. The molecule has 43 heavy (non-hydrogen) atoms. The standard InChI is InChI=1S/C30H36BrF4N5O3/c1-28(2,3)43-27(41)40-17-5-6-18(40)14-38(13-17)25-20-9-19(21-11-30(21,34)35)22(31)23(33)24(20)36-26(37-25)42-15-29-7-4-8-39(29)12-16(32)10-29/h9,16-18,21H,4-8,10-15H2,1-3H3. The summed E-state index contributed by atoms with van der Waals surface area (Å²) < 4.78 is 70.4. The Hall–Kier alpha value is -2.41. The van der Waals surface area contributed by atoms with E-state index in [1.54, 1.807) is 11.0 Å². The van der Waals surface area contributed by atoms with Crippen LogP contribution in [0.1, 0.15) is 70.8 Å². The molecule has 5 unspecified atom stereocenters. The van der Waals surface area contributed by atoms with E-state index >= 15 is 4.39 Å². The second kappa shape index (κ2) is 10.1. The monoisotopic (exact) mass is 669 g/mol. The van der Waals surface area contributed by atoms with E-state index in [4.69, 9.17) is 14.5 Å². The number of piperazine rings is 1. The summed E-state index contributed by atoms with van der Waals surface area (Å²) in [5.74, 6) is -4.35. The van der Waals surface area contributed by atoms with Crippen molar-refractivity contribution in [3.05, 3.63) is 21.9 Å². The molecule has 5 atom stereocenters. The average Bonchev–Trinajstić information content (AvgIpc) is 3.14. The van der Waals surface area contributed by atoms with Crippen molar-refractivity contribution in [3.8, 4) is 6.01 Å². The van der Waals surface area contributed by atoms with E-state index in [1.165, 1.54) is 0 Å². The van der Waals surface area contributed by atoms with Crippen molar-refractivity contribution in [3.63, 3.8) is 0 Å². The van der Waals surface area contributed by atoms with E-state index in [0.717, 1.165) is 32.2 Å². The van der Waals surface area contributed by atoms with Gasteiger partial charge in [0.25, 0.3) is 5.92 Å². The van der Waals surface area contributed by atoms with Gasteiger partial charge >= 0.3 is 12.1 Å². The van der Waals surface area contributed by atoms with Gasteiger partial charge in [-0.25, -0.2) is 22.4 Å². The van der Waals surface area contributed by atoms with Crippen molar-refractivity contribution in [2.24, 2.45) is 0 Å². The lowest BCUT2D eigenvalue weighted by molar-refractivity contribution is 0.0122. The lowest BCUT2D eigenvalue weighted by Gasteiger charge is -2.42. The Bertz CT molecular complexity index is 1460. The van der Waals surface area contributed by atoms with E-state index in [0.29, 0.717) is 37.3 Å². The van der Waals surface area contributed by atoms with Crippen LogP contribution in [-0.2, 0) is 4.74 Å². The van der Waals surface area contributed by atoms with Gasteiger partial charge in [0.15, 0.2) is 5.82 Å². The first-order valence-electron chi connectivity index (χ1n) is 15.1. The highest BCUT2D eigenvalue weighted by Gasteiger charge is 2.58. The molecule has 2 bridgehead atoms. The molecule has 2 aromatic rings. The SMILES string of the molecule is CC(C)(C)OC(=O)N1C2CCC1CN(c1nc(OCC34CCCN3CC(F)C4)nc3c(F)c(Br)c(C4CC4(F)F)cc13)C2. The molecule has 5 heterocycles.